The maximum atomic E-state index is 12.7. The van der Waals surface area contributed by atoms with Gasteiger partial charge in [-0.3, -0.25) is 4.79 Å². The van der Waals surface area contributed by atoms with Crippen LogP contribution in [0, 0.1) is 0 Å². The molecule has 3 heteroatoms. The molecule has 0 radical (unpaired) electrons. The summed E-state index contributed by atoms with van der Waals surface area (Å²) in [5.41, 5.74) is 7.75. The molecule has 27 heavy (non-hydrogen) atoms. The van der Waals surface area contributed by atoms with Gasteiger partial charge < -0.3 is 11.1 Å². The Morgan fingerprint density at radius 1 is 0.704 bits per heavy atom. The van der Waals surface area contributed by atoms with Crippen LogP contribution in [0.2, 0.25) is 0 Å². The van der Waals surface area contributed by atoms with Crippen molar-refractivity contribution in [2.75, 3.05) is 5.32 Å². The lowest BCUT2D eigenvalue weighted by molar-refractivity contribution is -0.117. The predicted octanol–water partition coefficient (Wildman–Crippen LogP) is 5.22. The number of hydrogen-bond acceptors (Lipinski definition) is 2. The SMILES string of the molecule is N[C@H](C(=O)Nc1ccc2ccc3cccc4ccc1c2c34)c1ccccc1. The number of rotatable bonds is 3. The molecule has 0 aliphatic rings. The molecule has 3 N–H and O–H groups in total. The summed E-state index contributed by atoms with van der Waals surface area (Å²) >= 11 is 0. The Kier molecular flexibility index (Phi) is 3.56. The van der Waals surface area contributed by atoms with Gasteiger partial charge >= 0.3 is 0 Å². The number of anilines is 1. The van der Waals surface area contributed by atoms with Crippen LogP contribution in [-0.4, -0.2) is 5.91 Å². The van der Waals surface area contributed by atoms with Crippen LogP contribution in [0.4, 0.5) is 5.69 Å². The Hall–Kier alpha value is -3.43. The Balaban J connectivity index is 1.62. The fraction of sp³-hybridized carbons (Fsp3) is 0.0417. The van der Waals surface area contributed by atoms with Crippen LogP contribution in [0.1, 0.15) is 11.6 Å². The van der Waals surface area contributed by atoms with Gasteiger partial charge in [-0.1, -0.05) is 78.9 Å². The van der Waals surface area contributed by atoms with Gasteiger partial charge in [0.1, 0.15) is 6.04 Å². The fourth-order valence-electron chi connectivity index (χ4n) is 3.87. The van der Waals surface area contributed by atoms with Crippen molar-refractivity contribution < 1.29 is 4.79 Å². The van der Waals surface area contributed by atoms with Gasteiger partial charge in [0.2, 0.25) is 5.91 Å². The van der Waals surface area contributed by atoms with E-state index in [0.717, 1.165) is 16.6 Å². The summed E-state index contributed by atoms with van der Waals surface area (Å²) in [6, 6.07) is 27.5. The van der Waals surface area contributed by atoms with Crippen molar-refractivity contribution in [3.63, 3.8) is 0 Å². The Morgan fingerprint density at radius 3 is 2.07 bits per heavy atom. The van der Waals surface area contributed by atoms with E-state index in [9.17, 15) is 4.79 Å². The van der Waals surface area contributed by atoms with E-state index in [4.69, 9.17) is 5.73 Å². The zero-order valence-electron chi connectivity index (χ0n) is 14.6. The first-order chi connectivity index (χ1) is 13.2. The zero-order chi connectivity index (χ0) is 18.4. The predicted molar refractivity (Wildman–Crippen MR) is 112 cm³/mol. The maximum Gasteiger partial charge on any atom is 0.245 e. The molecule has 0 saturated carbocycles. The molecule has 0 saturated heterocycles. The second-order valence-corrected chi connectivity index (χ2v) is 6.85. The van der Waals surface area contributed by atoms with Crippen LogP contribution < -0.4 is 11.1 Å². The zero-order valence-corrected chi connectivity index (χ0v) is 14.6. The number of carbonyl (C=O) groups excluding carboxylic acids is 1. The van der Waals surface area contributed by atoms with E-state index < -0.39 is 6.04 Å². The lowest BCUT2D eigenvalue weighted by Crippen LogP contribution is -2.27. The number of nitrogens with two attached hydrogens (primary N) is 1. The van der Waals surface area contributed by atoms with Crippen molar-refractivity contribution in [3.05, 3.63) is 90.5 Å². The lowest BCUT2D eigenvalue weighted by Gasteiger charge is -2.16. The van der Waals surface area contributed by atoms with Gasteiger partial charge in [0.25, 0.3) is 0 Å². The van der Waals surface area contributed by atoms with Gasteiger partial charge in [0.15, 0.2) is 0 Å². The van der Waals surface area contributed by atoms with Crippen molar-refractivity contribution in [2.45, 2.75) is 6.04 Å². The highest BCUT2D eigenvalue weighted by atomic mass is 16.2. The smallest absolute Gasteiger partial charge is 0.245 e. The third kappa shape index (κ3) is 2.52. The van der Waals surface area contributed by atoms with Crippen molar-refractivity contribution in [1.82, 2.24) is 0 Å². The molecule has 0 spiro atoms. The van der Waals surface area contributed by atoms with Crippen LogP contribution in [0.25, 0.3) is 32.3 Å². The molecule has 0 aromatic heterocycles. The number of benzene rings is 5. The van der Waals surface area contributed by atoms with E-state index in [-0.39, 0.29) is 5.91 Å². The van der Waals surface area contributed by atoms with Crippen LogP contribution in [0.15, 0.2) is 84.9 Å². The topological polar surface area (TPSA) is 55.1 Å². The molecular weight excluding hydrogens is 332 g/mol. The highest BCUT2D eigenvalue weighted by molar-refractivity contribution is 6.25. The van der Waals surface area contributed by atoms with E-state index >= 15 is 0 Å². The second kappa shape index (κ2) is 6.08. The maximum absolute atomic E-state index is 12.7. The summed E-state index contributed by atoms with van der Waals surface area (Å²) in [7, 11) is 0. The summed E-state index contributed by atoms with van der Waals surface area (Å²) < 4.78 is 0. The van der Waals surface area contributed by atoms with E-state index in [1.807, 2.05) is 36.4 Å². The average molecular weight is 350 g/mol. The van der Waals surface area contributed by atoms with Gasteiger partial charge in [0.05, 0.1) is 0 Å². The Labute approximate surface area is 156 Å². The van der Waals surface area contributed by atoms with Gasteiger partial charge in [-0.15, -0.1) is 0 Å². The summed E-state index contributed by atoms with van der Waals surface area (Å²) in [5.74, 6) is -0.212. The number of hydrogen-bond donors (Lipinski definition) is 2. The van der Waals surface area contributed by atoms with E-state index in [1.54, 1.807) is 0 Å². The summed E-state index contributed by atoms with van der Waals surface area (Å²) in [5, 5.41) is 10.0. The largest absolute Gasteiger partial charge is 0.324 e. The molecule has 5 aromatic rings. The van der Waals surface area contributed by atoms with Gasteiger partial charge in [-0.25, -0.2) is 0 Å². The first-order valence-electron chi connectivity index (χ1n) is 9.00. The molecule has 5 aromatic carbocycles. The van der Waals surface area contributed by atoms with Crippen LogP contribution in [0.5, 0.6) is 0 Å². The van der Waals surface area contributed by atoms with E-state index in [1.165, 1.54) is 26.9 Å². The van der Waals surface area contributed by atoms with Gasteiger partial charge in [-0.05, 0) is 38.6 Å². The molecule has 1 amide bonds. The Morgan fingerprint density at radius 2 is 1.33 bits per heavy atom. The molecule has 0 unspecified atom stereocenters. The third-order valence-corrected chi connectivity index (χ3v) is 5.23. The molecule has 1 atom stereocenters. The summed E-state index contributed by atoms with van der Waals surface area (Å²) in [6.45, 7) is 0. The average Bonchev–Trinajstić information content (AvgIpc) is 2.73. The first kappa shape index (κ1) is 15.8. The molecule has 0 fully saturated rings. The number of carbonyl (C=O) groups is 1. The summed E-state index contributed by atoms with van der Waals surface area (Å²) in [6.07, 6.45) is 0. The molecule has 0 bridgehead atoms. The molecule has 0 heterocycles. The number of nitrogens with one attached hydrogen (secondary N) is 1. The van der Waals surface area contributed by atoms with Gasteiger partial charge in [-0.2, -0.15) is 0 Å². The highest BCUT2D eigenvalue weighted by Crippen LogP contribution is 2.37. The van der Waals surface area contributed by atoms with E-state index in [2.05, 4.69) is 53.8 Å². The molecular formula is C24H18N2O. The lowest BCUT2D eigenvalue weighted by atomic mass is 9.93. The Bertz CT molecular complexity index is 1260. The van der Waals surface area contributed by atoms with E-state index in [0.29, 0.717) is 0 Å². The molecule has 0 aliphatic heterocycles. The van der Waals surface area contributed by atoms with Gasteiger partial charge in [0, 0.05) is 11.1 Å². The minimum atomic E-state index is -0.704. The van der Waals surface area contributed by atoms with Crippen LogP contribution in [0.3, 0.4) is 0 Å². The van der Waals surface area contributed by atoms with Crippen molar-refractivity contribution in [1.29, 1.82) is 0 Å². The first-order valence-corrected chi connectivity index (χ1v) is 9.00. The minimum Gasteiger partial charge on any atom is -0.324 e. The molecule has 130 valence electrons. The molecule has 5 rings (SSSR count). The molecule has 3 nitrogen and oxygen atoms in total. The standard InChI is InChI=1S/C24H18N2O/c25-23(18-5-2-1-3-6-18)24(27)26-20-14-12-17-10-9-15-7-4-8-16-11-13-19(20)22(17)21(15)16/h1-14,23H,25H2,(H,26,27)/t23-/m0/s1. The van der Waals surface area contributed by atoms with Crippen molar-refractivity contribution >= 4 is 43.9 Å². The quantitative estimate of drug-likeness (QED) is 0.438. The summed E-state index contributed by atoms with van der Waals surface area (Å²) in [4.78, 5) is 12.7. The van der Waals surface area contributed by atoms with Crippen LogP contribution >= 0.6 is 0 Å². The van der Waals surface area contributed by atoms with Crippen LogP contribution in [-0.2, 0) is 4.79 Å². The normalized spacial score (nSPS) is 12.6. The van der Waals surface area contributed by atoms with Crippen molar-refractivity contribution in [2.24, 2.45) is 5.73 Å². The third-order valence-electron chi connectivity index (χ3n) is 5.23. The monoisotopic (exact) mass is 350 g/mol. The van der Waals surface area contributed by atoms with Crippen molar-refractivity contribution in [3.8, 4) is 0 Å². The minimum absolute atomic E-state index is 0.212. The second-order valence-electron chi connectivity index (χ2n) is 6.85. The molecule has 0 aliphatic carbocycles. The number of amides is 1. The highest BCUT2D eigenvalue weighted by Gasteiger charge is 2.17. The fourth-order valence-corrected chi connectivity index (χ4v) is 3.87.